The fourth-order valence-corrected chi connectivity index (χ4v) is 2.65. The summed E-state index contributed by atoms with van der Waals surface area (Å²) >= 11 is 3.44. The molecule has 0 aromatic carbocycles. The van der Waals surface area contributed by atoms with Gasteiger partial charge in [-0.1, -0.05) is 12.1 Å². The first-order valence-corrected chi connectivity index (χ1v) is 11.3. The molecule has 168 valence electrons. The molecule has 0 aliphatic heterocycles. The van der Waals surface area contributed by atoms with Gasteiger partial charge in [0, 0.05) is 70.9 Å². The molecule has 0 spiro atoms. The van der Waals surface area contributed by atoms with E-state index in [4.69, 9.17) is 0 Å². The molecule has 4 nitrogen and oxygen atoms in total. The van der Waals surface area contributed by atoms with E-state index in [1.165, 1.54) is 16.8 Å². The Morgan fingerprint density at radius 1 is 0.531 bits per heavy atom. The van der Waals surface area contributed by atoms with Crippen LogP contribution in [0.15, 0.2) is 102 Å². The summed E-state index contributed by atoms with van der Waals surface area (Å²) in [5.74, 6) is 0. The van der Waals surface area contributed by atoms with Crippen molar-refractivity contribution < 1.29 is 18.3 Å². The number of halogens is 1. The molecule has 32 heavy (non-hydrogen) atoms. The van der Waals surface area contributed by atoms with Crippen LogP contribution in [0.5, 0.6) is 0 Å². The number of pyridine rings is 4. The zero-order valence-electron chi connectivity index (χ0n) is 20.4. The summed E-state index contributed by atoms with van der Waals surface area (Å²) in [6, 6.07) is 20.4. The average molecular weight is 498 g/mol. The molecule has 0 N–H and O–H groups in total. The third-order valence-corrected chi connectivity index (χ3v) is 5.80. The lowest BCUT2D eigenvalue weighted by Crippen LogP contribution is -2.30. The average Bonchev–Trinajstić information content (AvgIpc) is 2.78. The summed E-state index contributed by atoms with van der Waals surface area (Å²) in [5, 5.41) is 0. The van der Waals surface area contributed by atoms with E-state index in [0.717, 1.165) is 4.60 Å². The van der Waals surface area contributed by atoms with E-state index in [2.05, 4.69) is 65.5 Å². The highest BCUT2D eigenvalue weighted by Gasteiger charge is 2.02. The van der Waals surface area contributed by atoms with Crippen molar-refractivity contribution in [2.45, 2.75) is 20.8 Å². The molecule has 4 aromatic heterocycles. The van der Waals surface area contributed by atoms with Gasteiger partial charge < -0.3 is 0 Å². The van der Waals surface area contributed by atoms with Crippen LogP contribution < -0.4 is 18.3 Å². The highest BCUT2D eigenvalue weighted by Crippen LogP contribution is 2.07. The maximum atomic E-state index is 3.44. The molecular weight excluding hydrogens is 460 g/mol. The fraction of sp³-hybridized carbons (Fsp3) is 0.259. The van der Waals surface area contributed by atoms with Crippen molar-refractivity contribution >= 4 is 15.9 Å². The van der Waals surface area contributed by atoms with Crippen molar-refractivity contribution in [3.05, 3.63) is 119 Å². The predicted octanol–water partition coefficient (Wildman–Crippen LogP) is 3.73. The largest absolute Gasteiger partial charge is 0.250 e. The predicted molar refractivity (Wildman–Crippen MR) is 132 cm³/mol. The van der Waals surface area contributed by atoms with E-state index in [1.807, 2.05) is 115 Å². The van der Waals surface area contributed by atoms with Crippen LogP contribution in [-0.4, -0.2) is 0 Å². The summed E-state index contributed by atoms with van der Waals surface area (Å²) in [5.41, 5.74) is 3.86. The molecule has 0 atom stereocenters. The van der Waals surface area contributed by atoms with Gasteiger partial charge in [-0.15, -0.1) is 0 Å². The minimum atomic E-state index is 1.14. The Balaban J connectivity index is 0.000000214. The van der Waals surface area contributed by atoms with Crippen LogP contribution in [0.3, 0.4) is 0 Å². The summed E-state index contributed by atoms with van der Waals surface area (Å²) in [4.78, 5) is 0. The van der Waals surface area contributed by atoms with Crippen LogP contribution in [0.4, 0.5) is 0 Å². The second-order valence-corrected chi connectivity index (χ2v) is 8.38. The maximum Gasteiger partial charge on any atom is 0.250 e. The Labute approximate surface area is 202 Å². The molecule has 0 saturated carbocycles. The van der Waals surface area contributed by atoms with Gasteiger partial charge in [0.1, 0.15) is 28.2 Å². The van der Waals surface area contributed by atoms with Crippen molar-refractivity contribution in [3.8, 4) is 0 Å². The van der Waals surface area contributed by atoms with Gasteiger partial charge in [0.25, 0.3) is 4.60 Å². The third-order valence-electron chi connectivity index (χ3n) is 4.62. The van der Waals surface area contributed by atoms with Crippen LogP contribution in [0.2, 0.25) is 0 Å². The molecule has 4 aromatic rings. The lowest BCUT2D eigenvalue weighted by molar-refractivity contribution is -0.682. The third kappa shape index (κ3) is 11.5. The van der Waals surface area contributed by atoms with Crippen LogP contribution in [0.1, 0.15) is 16.8 Å². The molecule has 0 bridgehead atoms. The molecule has 5 heteroatoms. The smallest absolute Gasteiger partial charge is 0.208 e. The number of aryl methyl sites for hydroxylation is 7. The van der Waals surface area contributed by atoms with Crippen molar-refractivity contribution in [1.29, 1.82) is 0 Å². The Morgan fingerprint density at radius 3 is 1.44 bits per heavy atom. The number of hydrogen-bond acceptors (Lipinski definition) is 0. The molecule has 0 unspecified atom stereocenters. The van der Waals surface area contributed by atoms with E-state index >= 15 is 0 Å². The number of hydrogen-bond donors (Lipinski definition) is 0. The van der Waals surface area contributed by atoms with E-state index in [0.29, 0.717) is 0 Å². The molecule has 0 fully saturated rings. The van der Waals surface area contributed by atoms with Crippen molar-refractivity contribution in [2.24, 2.45) is 28.2 Å². The van der Waals surface area contributed by atoms with Crippen LogP contribution in [0, 0.1) is 20.8 Å². The standard InChI is InChI=1S/C7H9BrN.2C7H10N.C6H8N/c1-6-4-3-5-9(2)7(6)8;1-7-3-5-8(2)6-4-7;1-7-5-3-4-6-8(7)2;1-7-5-3-2-4-6-7/h3-5H,1-2H3;2*3-6H,1-2H3;2-6H,1H3/q4*+1. The zero-order valence-corrected chi connectivity index (χ0v) is 22.0. The molecule has 0 aliphatic carbocycles. The normalized spacial score (nSPS) is 9.25. The highest BCUT2D eigenvalue weighted by atomic mass is 79.9. The lowest BCUT2D eigenvalue weighted by atomic mass is 10.3. The molecule has 0 amide bonds. The zero-order chi connectivity index (χ0) is 23.9. The molecule has 0 radical (unpaired) electrons. The Morgan fingerprint density at radius 2 is 1.06 bits per heavy atom. The van der Waals surface area contributed by atoms with Gasteiger partial charge in [0.05, 0.1) is 0 Å². The van der Waals surface area contributed by atoms with Crippen molar-refractivity contribution in [2.75, 3.05) is 0 Å². The number of aromatic nitrogens is 4. The van der Waals surface area contributed by atoms with Gasteiger partial charge >= 0.3 is 0 Å². The van der Waals surface area contributed by atoms with Crippen molar-refractivity contribution in [3.63, 3.8) is 0 Å². The van der Waals surface area contributed by atoms with Crippen LogP contribution in [-0.2, 0) is 28.2 Å². The van der Waals surface area contributed by atoms with Gasteiger partial charge in [0.2, 0.25) is 0 Å². The van der Waals surface area contributed by atoms with Gasteiger partial charge in [-0.05, 0) is 25.5 Å². The molecule has 0 saturated heterocycles. The number of nitrogens with zero attached hydrogens (tertiary/aromatic N) is 4. The molecular formula is C27H37BrN4+4. The Hall–Kier alpha value is -2.92. The maximum absolute atomic E-state index is 3.44. The SMILES string of the molecule is C[n+]1ccccc1.Cc1cc[n+](C)cc1.Cc1ccc[n+](C)c1Br.Cc1cccc[n+]1C. The first-order chi connectivity index (χ1) is 15.2. The second kappa shape index (κ2) is 15.0. The first-order valence-electron chi connectivity index (χ1n) is 10.5. The van der Waals surface area contributed by atoms with Gasteiger partial charge in [-0.3, -0.25) is 0 Å². The topological polar surface area (TPSA) is 15.5 Å². The fourth-order valence-electron chi connectivity index (χ4n) is 2.40. The molecule has 4 heterocycles. The van der Waals surface area contributed by atoms with Crippen molar-refractivity contribution in [1.82, 2.24) is 0 Å². The van der Waals surface area contributed by atoms with Gasteiger partial charge in [-0.25, -0.2) is 13.7 Å². The van der Waals surface area contributed by atoms with E-state index in [1.54, 1.807) is 0 Å². The first kappa shape index (κ1) is 27.1. The van der Waals surface area contributed by atoms with E-state index in [-0.39, 0.29) is 0 Å². The quantitative estimate of drug-likeness (QED) is 0.260. The second-order valence-electron chi connectivity index (χ2n) is 7.63. The van der Waals surface area contributed by atoms with Gasteiger partial charge in [-0.2, -0.15) is 4.57 Å². The van der Waals surface area contributed by atoms with Crippen LogP contribution in [0.25, 0.3) is 0 Å². The highest BCUT2D eigenvalue weighted by molar-refractivity contribution is 9.10. The molecule has 0 aliphatic rings. The number of rotatable bonds is 0. The summed E-state index contributed by atoms with van der Waals surface area (Å²) in [6.07, 6.45) is 12.1. The minimum absolute atomic E-state index is 1.14. The summed E-state index contributed by atoms with van der Waals surface area (Å²) in [6.45, 7) is 6.24. The summed E-state index contributed by atoms with van der Waals surface area (Å²) < 4.78 is 9.28. The minimum Gasteiger partial charge on any atom is -0.208 e. The monoisotopic (exact) mass is 496 g/mol. The van der Waals surface area contributed by atoms with E-state index in [9.17, 15) is 0 Å². The molecule has 4 rings (SSSR count). The summed E-state index contributed by atoms with van der Waals surface area (Å²) in [7, 11) is 8.06. The van der Waals surface area contributed by atoms with E-state index < -0.39 is 0 Å². The van der Waals surface area contributed by atoms with Gasteiger partial charge in [0.15, 0.2) is 42.9 Å². The lowest BCUT2D eigenvalue weighted by Gasteiger charge is -1.92. The van der Waals surface area contributed by atoms with Crippen LogP contribution >= 0.6 is 15.9 Å². The Kier molecular flexibility index (Phi) is 12.7. The Bertz CT molecular complexity index is 986.